The maximum atomic E-state index is 5.95. The highest BCUT2D eigenvalue weighted by atomic mass is 35.5. The van der Waals surface area contributed by atoms with E-state index >= 15 is 0 Å². The average molecular weight is 264 g/mol. The van der Waals surface area contributed by atoms with Crippen LogP contribution in [-0.4, -0.2) is 37.3 Å². The van der Waals surface area contributed by atoms with Crippen LogP contribution in [0.5, 0.6) is 0 Å². The molecule has 0 bridgehead atoms. The number of hydrogen-bond acceptors (Lipinski definition) is 4. The van der Waals surface area contributed by atoms with Crippen LogP contribution in [0.1, 0.15) is 12.0 Å². The number of nitrogens with zero attached hydrogens (tertiary/aromatic N) is 3. The molecule has 0 radical (unpaired) electrons. The molecule has 0 saturated heterocycles. The number of halogens is 2. The molecule has 1 aromatic heterocycles. The van der Waals surface area contributed by atoms with E-state index in [-0.39, 0.29) is 0 Å². The number of alkyl halides is 1. The van der Waals surface area contributed by atoms with Gasteiger partial charge in [-0.25, -0.2) is 9.97 Å². The molecule has 90 valence electrons. The summed E-state index contributed by atoms with van der Waals surface area (Å²) in [7, 11) is 3.64. The van der Waals surface area contributed by atoms with Crippen molar-refractivity contribution in [1.82, 2.24) is 9.97 Å². The van der Waals surface area contributed by atoms with E-state index in [2.05, 4.69) is 9.97 Å². The van der Waals surface area contributed by atoms with E-state index in [1.54, 1.807) is 7.11 Å². The third-order valence-corrected chi connectivity index (χ3v) is 2.80. The smallest absolute Gasteiger partial charge is 0.138 e. The van der Waals surface area contributed by atoms with Crippen LogP contribution in [0, 0.1) is 0 Å². The van der Waals surface area contributed by atoms with Gasteiger partial charge in [-0.05, 0) is 6.42 Å². The van der Waals surface area contributed by atoms with Gasteiger partial charge in [-0.15, -0.1) is 11.6 Å². The van der Waals surface area contributed by atoms with Gasteiger partial charge in [-0.2, -0.15) is 0 Å². The SMILES string of the molecule is COCCCN(C)c1ncnc(Cl)c1CCl. The van der Waals surface area contributed by atoms with Gasteiger partial charge in [0.05, 0.1) is 5.88 Å². The lowest BCUT2D eigenvalue weighted by Gasteiger charge is -2.20. The van der Waals surface area contributed by atoms with Crippen LogP contribution >= 0.6 is 23.2 Å². The topological polar surface area (TPSA) is 38.2 Å². The van der Waals surface area contributed by atoms with Gasteiger partial charge in [0.25, 0.3) is 0 Å². The summed E-state index contributed by atoms with van der Waals surface area (Å²) < 4.78 is 5.00. The monoisotopic (exact) mass is 263 g/mol. The molecule has 0 aromatic carbocycles. The highest BCUT2D eigenvalue weighted by Gasteiger charge is 2.12. The maximum Gasteiger partial charge on any atom is 0.138 e. The molecule has 0 atom stereocenters. The van der Waals surface area contributed by atoms with Crippen molar-refractivity contribution in [3.63, 3.8) is 0 Å². The minimum absolute atomic E-state index is 0.309. The zero-order valence-corrected chi connectivity index (χ0v) is 10.9. The first-order chi connectivity index (χ1) is 7.70. The summed E-state index contributed by atoms with van der Waals surface area (Å²) in [5.74, 6) is 1.09. The van der Waals surface area contributed by atoms with E-state index in [4.69, 9.17) is 27.9 Å². The largest absolute Gasteiger partial charge is 0.385 e. The fourth-order valence-electron chi connectivity index (χ4n) is 1.38. The van der Waals surface area contributed by atoms with Gasteiger partial charge in [-0.1, -0.05) is 11.6 Å². The standard InChI is InChI=1S/C10H15Cl2N3O/c1-15(4-3-5-16-2)10-8(6-11)9(12)13-7-14-10/h7H,3-6H2,1-2H3. The molecule has 1 aromatic rings. The van der Waals surface area contributed by atoms with E-state index in [9.17, 15) is 0 Å². The molecule has 0 amide bonds. The number of aromatic nitrogens is 2. The van der Waals surface area contributed by atoms with Crippen molar-refractivity contribution in [2.45, 2.75) is 12.3 Å². The molecule has 0 saturated carbocycles. The Morgan fingerprint density at radius 1 is 1.44 bits per heavy atom. The molecule has 1 heterocycles. The predicted molar refractivity (Wildman–Crippen MR) is 66.4 cm³/mol. The highest BCUT2D eigenvalue weighted by Crippen LogP contribution is 2.24. The zero-order chi connectivity index (χ0) is 12.0. The Morgan fingerprint density at radius 3 is 2.81 bits per heavy atom. The molecule has 0 aliphatic heterocycles. The summed E-state index contributed by atoms with van der Waals surface area (Å²) in [5.41, 5.74) is 0.769. The van der Waals surface area contributed by atoms with Crippen molar-refractivity contribution in [2.24, 2.45) is 0 Å². The normalized spacial score (nSPS) is 10.5. The van der Waals surface area contributed by atoms with Gasteiger partial charge in [0, 0.05) is 32.9 Å². The second-order valence-electron chi connectivity index (χ2n) is 3.37. The summed E-state index contributed by atoms with van der Waals surface area (Å²) in [6.45, 7) is 1.56. The van der Waals surface area contributed by atoms with Crippen molar-refractivity contribution < 1.29 is 4.74 Å². The summed E-state index contributed by atoms with van der Waals surface area (Å²) >= 11 is 11.8. The summed E-state index contributed by atoms with van der Waals surface area (Å²) in [5, 5.41) is 0.415. The summed E-state index contributed by atoms with van der Waals surface area (Å²) in [6, 6.07) is 0. The molecule has 0 spiro atoms. The third kappa shape index (κ3) is 3.47. The second-order valence-corrected chi connectivity index (χ2v) is 3.99. The Morgan fingerprint density at radius 2 is 2.19 bits per heavy atom. The molecular weight excluding hydrogens is 249 g/mol. The van der Waals surface area contributed by atoms with Crippen molar-refractivity contribution in [1.29, 1.82) is 0 Å². The average Bonchev–Trinajstić information content (AvgIpc) is 2.29. The van der Waals surface area contributed by atoms with Gasteiger partial charge in [-0.3, -0.25) is 0 Å². The van der Waals surface area contributed by atoms with E-state index in [0.29, 0.717) is 11.0 Å². The number of anilines is 1. The number of rotatable bonds is 6. The van der Waals surface area contributed by atoms with Gasteiger partial charge in [0.15, 0.2) is 0 Å². The lowest BCUT2D eigenvalue weighted by molar-refractivity contribution is 0.196. The second kappa shape index (κ2) is 6.89. The van der Waals surface area contributed by atoms with Crippen molar-refractivity contribution in [3.8, 4) is 0 Å². The summed E-state index contributed by atoms with van der Waals surface area (Å²) in [4.78, 5) is 10.1. The molecule has 6 heteroatoms. The maximum absolute atomic E-state index is 5.95. The Hall–Kier alpha value is -0.580. The molecule has 4 nitrogen and oxygen atoms in total. The van der Waals surface area contributed by atoms with Gasteiger partial charge in [0.1, 0.15) is 17.3 Å². The Bertz CT molecular complexity index is 336. The first kappa shape index (κ1) is 13.5. The van der Waals surface area contributed by atoms with Gasteiger partial charge >= 0.3 is 0 Å². The van der Waals surface area contributed by atoms with Crippen LogP contribution < -0.4 is 4.90 Å². The molecule has 0 unspecified atom stereocenters. The van der Waals surface area contributed by atoms with E-state index in [1.807, 2.05) is 11.9 Å². The quantitative estimate of drug-likeness (QED) is 0.449. The summed E-state index contributed by atoms with van der Waals surface area (Å²) in [6.07, 6.45) is 2.37. The Kier molecular flexibility index (Phi) is 5.80. The van der Waals surface area contributed by atoms with Crippen LogP contribution in [0.4, 0.5) is 5.82 Å². The molecule has 0 N–H and O–H groups in total. The predicted octanol–water partition coefficient (Wildman–Crippen LogP) is 2.34. The van der Waals surface area contributed by atoms with Gasteiger partial charge in [0.2, 0.25) is 0 Å². The van der Waals surface area contributed by atoms with Crippen LogP contribution in [0.25, 0.3) is 0 Å². The van der Waals surface area contributed by atoms with E-state index in [0.717, 1.165) is 31.0 Å². The molecule has 1 rings (SSSR count). The first-order valence-corrected chi connectivity index (χ1v) is 5.87. The van der Waals surface area contributed by atoms with Crippen LogP contribution in [0.15, 0.2) is 6.33 Å². The first-order valence-electron chi connectivity index (χ1n) is 4.96. The third-order valence-electron chi connectivity index (χ3n) is 2.21. The highest BCUT2D eigenvalue weighted by molar-refractivity contribution is 6.31. The molecule has 0 aliphatic carbocycles. The number of ether oxygens (including phenoxy) is 1. The van der Waals surface area contributed by atoms with E-state index in [1.165, 1.54) is 6.33 Å². The molecular formula is C10H15Cl2N3O. The van der Waals surface area contributed by atoms with Crippen LogP contribution in [0.3, 0.4) is 0 Å². The Balaban J connectivity index is 2.74. The fraction of sp³-hybridized carbons (Fsp3) is 0.600. The zero-order valence-electron chi connectivity index (χ0n) is 9.41. The van der Waals surface area contributed by atoms with Crippen molar-refractivity contribution in [3.05, 3.63) is 17.0 Å². The van der Waals surface area contributed by atoms with Crippen LogP contribution in [-0.2, 0) is 10.6 Å². The molecule has 16 heavy (non-hydrogen) atoms. The lowest BCUT2D eigenvalue weighted by Crippen LogP contribution is -2.22. The van der Waals surface area contributed by atoms with Gasteiger partial charge < -0.3 is 9.64 Å². The number of hydrogen-bond donors (Lipinski definition) is 0. The Labute approximate surface area is 106 Å². The lowest BCUT2D eigenvalue weighted by atomic mass is 10.3. The van der Waals surface area contributed by atoms with Crippen molar-refractivity contribution >= 4 is 29.0 Å². The van der Waals surface area contributed by atoms with Crippen molar-refractivity contribution in [2.75, 3.05) is 32.2 Å². The molecule has 0 aliphatic rings. The minimum Gasteiger partial charge on any atom is -0.385 e. The van der Waals surface area contributed by atoms with Crippen LogP contribution in [0.2, 0.25) is 5.15 Å². The minimum atomic E-state index is 0.309. The molecule has 0 fully saturated rings. The fourth-order valence-corrected chi connectivity index (χ4v) is 1.89. The number of methoxy groups -OCH3 is 1. The van der Waals surface area contributed by atoms with E-state index < -0.39 is 0 Å².